The molecule has 0 fully saturated rings. The Bertz CT molecular complexity index is 1420. The zero-order valence-corrected chi connectivity index (χ0v) is 20.1. The molecular formula is C27H25ClN6O2. The number of carbonyl (C=O) groups is 1. The Hall–Kier alpha value is -4.43. The van der Waals surface area contributed by atoms with Gasteiger partial charge in [-0.15, -0.1) is 0 Å². The Morgan fingerprint density at radius 1 is 0.917 bits per heavy atom. The third-order valence-corrected chi connectivity index (χ3v) is 5.79. The van der Waals surface area contributed by atoms with Gasteiger partial charge in [-0.25, -0.2) is 4.98 Å². The zero-order chi connectivity index (χ0) is 25.5. The topological polar surface area (TPSA) is 126 Å². The van der Waals surface area contributed by atoms with Crippen molar-refractivity contribution in [3.63, 3.8) is 0 Å². The van der Waals surface area contributed by atoms with Crippen molar-refractivity contribution in [2.75, 3.05) is 5.32 Å². The number of carbonyl (C=O) groups excluding carboxylic acids is 1. The zero-order valence-electron chi connectivity index (χ0n) is 19.4. The van der Waals surface area contributed by atoms with Gasteiger partial charge in [-0.05, 0) is 11.1 Å². The summed E-state index contributed by atoms with van der Waals surface area (Å²) in [6, 6.07) is 25.7. The maximum Gasteiger partial charge on any atom is 0.294 e. The molecule has 0 spiro atoms. The number of nitrogens with one attached hydrogen (secondary N) is 3. The van der Waals surface area contributed by atoms with Gasteiger partial charge in [-0.3, -0.25) is 19.6 Å². The van der Waals surface area contributed by atoms with Crippen LogP contribution in [-0.2, 0) is 24.4 Å². The number of halogens is 1. The van der Waals surface area contributed by atoms with Crippen molar-refractivity contribution >= 4 is 29.2 Å². The first kappa shape index (κ1) is 24.7. The molecule has 4 rings (SSSR count). The highest BCUT2D eigenvalue weighted by atomic mass is 35.5. The third-order valence-electron chi connectivity index (χ3n) is 5.53. The van der Waals surface area contributed by atoms with Gasteiger partial charge in [0.2, 0.25) is 5.91 Å². The molecule has 0 aliphatic heterocycles. The summed E-state index contributed by atoms with van der Waals surface area (Å²) in [7, 11) is 0. The molecule has 0 atom stereocenters. The second-order valence-corrected chi connectivity index (χ2v) is 8.44. The molecule has 1 amide bonds. The minimum atomic E-state index is -0.449. The molecule has 1 aromatic heterocycles. The van der Waals surface area contributed by atoms with Gasteiger partial charge < -0.3 is 16.4 Å². The van der Waals surface area contributed by atoms with Crippen LogP contribution in [0.1, 0.15) is 16.7 Å². The molecule has 0 saturated carbocycles. The Morgan fingerprint density at radius 3 is 2.17 bits per heavy atom. The van der Waals surface area contributed by atoms with E-state index < -0.39 is 5.56 Å². The summed E-state index contributed by atoms with van der Waals surface area (Å²) in [5.74, 6) is -0.318. The Morgan fingerprint density at radius 2 is 1.53 bits per heavy atom. The van der Waals surface area contributed by atoms with Crippen molar-refractivity contribution in [2.45, 2.75) is 19.6 Å². The molecule has 0 radical (unpaired) electrons. The Kier molecular flexibility index (Phi) is 7.77. The van der Waals surface area contributed by atoms with Crippen molar-refractivity contribution in [1.82, 2.24) is 14.9 Å². The highest BCUT2D eigenvalue weighted by Gasteiger charge is 2.19. The molecule has 0 aliphatic carbocycles. The van der Waals surface area contributed by atoms with E-state index in [4.69, 9.17) is 22.7 Å². The number of rotatable bonds is 9. The second kappa shape index (κ2) is 11.3. The van der Waals surface area contributed by atoms with Crippen molar-refractivity contribution in [2.24, 2.45) is 5.73 Å². The lowest BCUT2D eigenvalue weighted by molar-refractivity contribution is -0.121. The predicted molar refractivity (Wildman–Crippen MR) is 142 cm³/mol. The van der Waals surface area contributed by atoms with Gasteiger partial charge in [0.1, 0.15) is 12.4 Å². The number of amides is 1. The number of hydrogen-bond acceptors (Lipinski definition) is 5. The van der Waals surface area contributed by atoms with Crippen LogP contribution in [0.2, 0.25) is 5.15 Å². The highest BCUT2D eigenvalue weighted by molar-refractivity contribution is 6.32. The number of nitrogens with zero attached hydrogens (tertiary/aromatic N) is 2. The summed E-state index contributed by atoms with van der Waals surface area (Å²) in [5.41, 5.74) is 8.49. The normalized spacial score (nSPS) is 10.6. The minimum absolute atomic E-state index is 0.0235. The van der Waals surface area contributed by atoms with E-state index in [0.717, 1.165) is 11.1 Å². The van der Waals surface area contributed by atoms with Crippen LogP contribution in [0.3, 0.4) is 0 Å². The minimum Gasteiger partial charge on any atom is -0.384 e. The fraction of sp³-hybridized carbons (Fsp3) is 0.111. The largest absolute Gasteiger partial charge is 0.384 e. The SMILES string of the molecule is N=C(N)c1ccc(CNC(=O)Cn2c(-c3ccccc3)c(Cl)nc(NCc3ccccc3)c2=O)cc1. The summed E-state index contributed by atoms with van der Waals surface area (Å²) in [6.45, 7) is 0.397. The van der Waals surface area contributed by atoms with Crippen LogP contribution in [0.25, 0.3) is 11.3 Å². The molecule has 182 valence electrons. The van der Waals surface area contributed by atoms with Crippen LogP contribution >= 0.6 is 11.6 Å². The van der Waals surface area contributed by atoms with Crippen molar-refractivity contribution in [3.8, 4) is 11.3 Å². The first-order valence-electron chi connectivity index (χ1n) is 11.3. The molecule has 3 aromatic carbocycles. The summed E-state index contributed by atoms with van der Waals surface area (Å²) in [5, 5.41) is 13.5. The van der Waals surface area contributed by atoms with E-state index in [0.29, 0.717) is 23.4 Å². The van der Waals surface area contributed by atoms with Crippen LogP contribution in [0.5, 0.6) is 0 Å². The molecule has 4 aromatic rings. The summed E-state index contributed by atoms with van der Waals surface area (Å²) >= 11 is 6.55. The van der Waals surface area contributed by atoms with Crippen LogP contribution in [0.4, 0.5) is 5.82 Å². The van der Waals surface area contributed by atoms with Crippen molar-refractivity contribution in [1.29, 1.82) is 5.41 Å². The van der Waals surface area contributed by atoms with Gasteiger partial charge in [-0.2, -0.15) is 0 Å². The molecular weight excluding hydrogens is 476 g/mol. The van der Waals surface area contributed by atoms with Crippen LogP contribution < -0.4 is 21.9 Å². The maximum absolute atomic E-state index is 13.4. The first-order chi connectivity index (χ1) is 17.4. The van der Waals surface area contributed by atoms with E-state index >= 15 is 0 Å². The molecule has 0 bridgehead atoms. The third kappa shape index (κ3) is 5.97. The number of hydrogen-bond donors (Lipinski definition) is 4. The van der Waals surface area contributed by atoms with E-state index in [2.05, 4.69) is 15.6 Å². The standard InChI is InChI=1S/C27H25ClN6O2/c28-24-23(20-9-5-2-6-10-20)34(27(36)26(33-24)32-16-18-7-3-1-4-8-18)17-22(35)31-15-19-11-13-21(14-12-19)25(29)30/h1-14H,15-17H2,(H3,29,30)(H,31,35)(H,32,33). The van der Waals surface area contributed by atoms with E-state index in [9.17, 15) is 9.59 Å². The second-order valence-electron chi connectivity index (χ2n) is 8.08. The smallest absolute Gasteiger partial charge is 0.294 e. The monoisotopic (exact) mass is 500 g/mol. The number of aromatic nitrogens is 2. The van der Waals surface area contributed by atoms with Crippen LogP contribution in [0, 0.1) is 5.41 Å². The molecule has 36 heavy (non-hydrogen) atoms. The van der Waals surface area contributed by atoms with E-state index in [1.165, 1.54) is 4.57 Å². The molecule has 5 N–H and O–H groups in total. The molecule has 0 aliphatic rings. The first-order valence-corrected chi connectivity index (χ1v) is 11.6. The predicted octanol–water partition coefficient (Wildman–Crippen LogP) is 3.78. The molecule has 9 heteroatoms. The van der Waals surface area contributed by atoms with Gasteiger partial charge in [0, 0.05) is 24.2 Å². The molecule has 0 saturated heterocycles. The molecule has 1 heterocycles. The van der Waals surface area contributed by atoms with E-state index in [1.54, 1.807) is 24.3 Å². The summed E-state index contributed by atoms with van der Waals surface area (Å²) in [6.07, 6.45) is 0. The van der Waals surface area contributed by atoms with Gasteiger partial charge >= 0.3 is 0 Å². The van der Waals surface area contributed by atoms with Crippen molar-refractivity contribution < 1.29 is 4.79 Å². The maximum atomic E-state index is 13.4. The average Bonchev–Trinajstić information content (AvgIpc) is 2.90. The fourth-order valence-electron chi connectivity index (χ4n) is 3.66. The quantitative estimate of drug-likeness (QED) is 0.205. The highest BCUT2D eigenvalue weighted by Crippen LogP contribution is 2.26. The van der Waals surface area contributed by atoms with Crippen LogP contribution in [-0.4, -0.2) is 21.3 Å². The Balaban J connectivity index is 1.58. The summed E-state index contributed by atoms with van der Waals surface area (Å²) < 4.78 is 1.34. The lowest BCUT2D eigenvalue weighted by Gasteiger charge is -2.17. The number of nitrogens with two attached hydrogens (primary N) is 1. The van der Waals surface area contributed by atoms with Gasteiger partial charge in [0.15, 0.2) is 11.0 Å². The van der Waals surface area contributed by atoms with Gasteiger partial charge in [0.05, 0.1) is 5.69 Å². The number of amidine groups is 1. The van der Waals surface area contributed by atoms with Gasteiger partial charge in [-0.1, -0.05) is 96.5 Å². The number of nitrogen functional groups attached to an aromatic ring is 1. The van der Waals surface area contributed by atoms with Crippen molar-refractivity contribution in [3.05, 3.63) is 117 Å². The van der Waals surface area contributed by atoms with Gasteiger partial charge in [0.25, 0.3) is 5.56 Å². The fourth-order valence-corrected chi connectivity index (χ4v) is 3.96. The summed E-state index contributed by atoms with van der Waals surface area (Å²) in [4.78, 5) is 30.6. The van der Waals surface area contributed by atoms with E-state index in [-0.39, 0.29) is 35.8 Å². The molecule has 0 unspecified atom stereocenters. The van der Waals surface area contributed by atoms with Crippen LogP contribution in [0.15, 0.2) is 89.7 Å². The lowest BCUT2D eigenvalue weighted by Crippen LogP contribution is -2.34. The lowest BCUT2D eigenvalue weighted by atomic mass is 10.1. The van der Waals surface area contributed by atoms with E-state index in [1.807, 2.05) is 60.7 Å². The number of anilines is 1. The number of benzene rings is 3. The molecule has 8 nitrogen and oxygen atoms in total. The average molecular weight is 501 g/mol. The Labute approximate surface area is 213 Å².